The molecule has 1 saturated heterocycles. The molecule has 9 heteroatoms. The molecule has 198 valence electrons. The maximum absolute atomic E-state index is 14.0. The highest BCUT2D eigenvalue weighted by Crippen LogP contribution is 2.36. The second-order valence-corrected chi connectivity index (χ2v) is 10.1. The van der Waals surface area contributed by atoms with Gasteiger partial charge in [0.1, 0.15) is 30.6 Å². The summed E-state index contributed by atoms with van der Waals surface area (Å²) >= 11 is 0.978. The molecule has 1 aliphatic rings. The lowest BCUT2D eigenvalue weighted by molar-refractivity contribution is -0.119. The van der Waals surface area contributed by atoms with Gasteiger partial charge in [0.2, 0.25) is 10.5 Å². The number of halogens is 2. The van der Waals surface area contributed by atoms with Crippen molar-refractivity contribution in [2.24, 2.45) is 7.05 Å². The predicted molar refractivity (Wildman–Crippen MR) is 147 cm³/mol. The summed E-state index contributed by atoms with van der Waals surface area (Å²) in [4.78, 5) is 37.4. The number of ether oxygens (including phenoxy) is 2. The Bertz CT molecular complexity index is 1690. The lowest BCUT2D eigenvalue weighted by Gasteiger charge is -2.18. The topological polar surface area (TPSA) is 74.6 Å². The number of aromatic nitrogens is 1. The van der Waals surface area contributed by atoms with E-state index in [0.29, 0.717) is 32.8 Å². The van der Waals surface area contributed by atoms with Crippen LogP contribution in [0.5, 0.6) is 11.5 Å². The number of allylic oxidation sites excluding steroid dienone is 2. The number of rotatable bonds is 7. The quantitative estimate of drug-likeness (QED) is 0.163. The molecule has 0 unspecified atom stereocenters. The van der Waals surface area contributed by atoms with E-state index in [9.17, 15) is 23.2 Å². The molecule has 2 heterocycles. The Balaban J connectivity index is 1.35. The van der Waals surface area contributed by atoms with E-state index in [1.54, 1.807) is 42.8 Å². The Morgan fingerprint density at radius 2 is 1.56 bits per heavy atom. The third kappa shape index (κ3) is 5.35. The van der Waals surface area contributed by atoms with E-state index >= 15 is 0 Å². The number of hydrogen-bond donors (Lipinski definition) is 0. The first-order valence-corrected chi connectivity index (χ1v) is 12.9. The highest BCUT2D eigenvalue weighted by atomic mass is 32.2. The summed E-state index contributed by atoms with van der Waals surface area (Å²) in [6, 6.07) is 16.6. The first kappa shape index (κ1) is 26.4. The smallest absolute Gasteiger partial charge is 0.231 e. The fourth-order valence-corrected chi connectivity index (χ4v) is 5.37. The summed E-state index contributed by atoms with van der Waals surface area (Å²) in [7, 11) is 1.69. The minimum Gasteiger partial charge on any atom is -0.490 e. The average Bonchev–Trinajstić information content (AvgIpc) is 3.27. The molecule has 6 nitrogen and oxygen atoms in total. The Morgan fingerprint density at radius 3 is 2.23 bits per heavy atom. The van der Waals surface area contributed by atoms with Crippen molar-refractivity contribution in [3.05, 3.63) is 99.1 Å². The van der Waals surface area contributed by atoms with Crippen LogP contribution in [0.3, 0.4) is 0 Å². The van der Waals surface area contributed by atoms with Gasteiger partial charge in [-0.25, -0.2) is 8.78 Å². The first-order chi connectivity index (χ1) is 18.7. The van der Waals surface area contributed by atoms with E-state index in [1.807, 2.05) is 0 Å². The van der Waals surface area contributed by atoms with Crippen molar-refractivity contribution < 1.29 is 27.8 Å². The van der Waals surface area contributed by atoms with Crippen LogP contribution in [0.25, 0.3) is 27.7 Å². The lowest BCUT2D eigenvalue weighted by atomic mass is 10.1. The molecule has 0 aliphatic carbocycles. The van der Waals surface area contributed by atoms with Gasteiger partial charge in [-0.05, 0) is 84.4 Å². The number of carbonyl (C=O) groups excluding carboxylic acids is 2. The molecule has 0 amide bonds. The van der Waals surface area contributed by atoms with Gasteiger partial charge in [-0.1, -0.05) is 12.1 Å². The number of hydrogen-bond acceptors (Lipinski definition) is 6. The number of Topliss-reactive ketones (excluding diaryl/α,β-unsaturated/α-hetero) is 1. The number of thioether (sulfide) groups is 1. The second-order valence-electron chi connectivity index (χ2n) is 8.98. The monoisotopic (exact) mass is 547 g/mol. The summed E-state index contributed by atoms with van der Waals surface area (Å²) in [6.45, 7) is 1.96. The molecule has 1 aromatic heterocycles. The van der Waals surface area contributed by atoms with Gasteiger partial charge in [0.25, 0.3) is 0 Å². The number of ketones is 1. The van der Waals surface area contributed by atoms with Crippen LogP contribution in [0.2, 0.25) is 0 Å². The normalized spacial score (nSPS) is 14.7. The van der Waals surface area contributed by atoms with Crippen molar-refractivity contribution >= 4 is 39.1 Å². The molecule has 0 spiro atoms. The summed E-state index contributed by atoms with van der Waals surface area (Å²) in [6.07, 6.45) is -0.0708. The van der Waals surface area contributed by atoms with Gasteiger partial charge in [0, 0.05) is 18.0 Å². The minimum atomic E-state index is -0.482. The average molecular weight is 548 g/mol. The third-order valence-electron chi connectivity index (χ3n) is 6.44. The minimum absolute atomic E-state index is 0.0359. The molecule has 4 aromatic rings. The summed E-state index contributed by atoms with van der Waals surface area (Å²) in [5.41, 5.74) is 2.46. The fraction of sp³-hybridized carbons (Fsp3) is 0.167. The molecule has 3 aromatic carbocycles. The predicted octanol–water partition coefficient (Wildman–Crippen LogP) is 5.91. The van der Waals surface area contributed by atoms with Crippen molar-refractivity contribution in [1.29, 1.82) is 0 Å². The molecule has 1 fully saturated rings. The van der Waals surface area contributed by atoms with Crippen LogP contribution < -0.4 is 14.9 Å². The van der Waals surface area contributed by atoms with Gasteiger partial charge in [0.15, 0.2) is 11.5 Å². The van der Waals surface area contributed by atoms with E-state index in [1.165, 1.54) is 42.5 Å². The largest absolute Gasteiger partial charge is 0.490 e. The van der Waals surface area contributed by atoms with Gasteiger partial charge in [-0.15, -0.1) is 0 Å². The molecule has 0 saturated carbocycles. The van der Waals surface area contributed by atoms with Crippen LogP contribution >= 0.6 is 11.8 Å². The van der Waals surface area contributed by atoms with Crippen LogP contribution in [-0.2, 0) is 16.6 Å². The van der Waals surface area contributed by atoms with Gasteiger partial charge in [-0.2, -0.15) is 0 Å². The number of nitrogens with zero attached hydrogens (tertiary/aromatic N) is 1. The number of aryl methyl sites for hydroxylation is 1. The molecule has 39 heavy (non-hydrogen) atoms. The van der Waals surface area contributed by atoms with Gasteiger partial charge >= 0.3 is 0 Å². The maximum Gasteiger partial charge on any atom is 0.231 e. The Hall–Kier alpha value is -4.24. The van der Waals surface area contributed by atoms with Crippen molar-refractivity contribution in [3.63, 3.8) is 0 Å². The van der Waals surface area contributed by atoms with Crippen molar-refractivity contribution in [3.8, 4) is 22.8 Å². The van der Waals surface area contributed by atoms with Gasteiger partial charge in [-0.3, -0.25) is 14.4 Å². The third-order valence-corrected chi connectivity index (χ3v) is 7.55. The van der Waals surface area contributed by atoms with Crippen molar-refractivity contribution in [2.45, 2.75) is 13.3 Å². The lowest BCUT2D eigenvalue weighted by Crippen LogP contribution is -2.18. The Kier molecular flexibility index (Phi) is 7.34. The van der Waals surface area contributed by atoms with E-state index in [2.05, 4.69) is 0 Å². The standard InChI is InChI=1S/C30H23F2NO5S/c1-17(30-25(34)16-26(35)39-30)18-5-10-22(11-6-18)37-13-14-38-29-27(19-3-7-20(31)8-4-19)33(2)24-15-21(32)9-12-23(24)28(29)36/h3-12,15H,13-14,16H2,1-2H3/b30-17-. The summed E-state index contributed by atoms with van der Waals surface area (Å²) in [5, 5.41) is 0.145. The van der Waals surface area contributed by atoms with E-state index in [-0.39, 0.29) is 36.3 Å². The first-order valence-electron chi connectivity index (χ1n) is 12.1. The van der Waals surface area contributed by atoms with Crippen molar-refractivity contribution in [2.75, 3.05) is 13.2 Å². The molecular weight excluding hydrogens is 524 g/mol. The maximum atomic E-state index is 14.0. The second kappa shape index (κ2) is 10.9. The Morgan fingerprint density at radius 1 is 0.897 bits per heavy atom. The number of benzene rings is 3. The van der Waals surface area contributed by atoms with E-state index in [4.69, 9.17) is 9.47 Å². The molecule has 1 aliphatic heterocycles. The molecule has 0 atom stereocenters. The zero-order chi connectivity index (χ0) is 27.7. The van der Waals surface area contributed by atoms with Crippen LogP contribution in [-0.4, -0.2) is 28.7 Å². The summed E-state index contributed by atoms with van der Waals surface area (Å²) < 4.78 is 40.9. The zero-order valence-corrected chi connectivity index (χ0v) is 21.9. The van der Waals surface area contributed by atoms with Crippen LogP contribution in [0.4, 0.5) is 8.78 Å². The molecular formula is C30H23F2NO5S. The summed E-state index contributed by atoms with van der Waals surface area (Å²) in [5.74, 6) is -0.458. The number of carbonyl (C=O) groups is 2. The molecule has 0 radical (unpaired) electrons. The highest BCUT2D eigenvalue weighted by molar-refractivity contribution is 8.18. The zero-order valence-electron chi connectivity index (χ0n) is 21.1. The van der Waals surface area contributed by atoms with E-state index < -0.39 is 17.1 Å². The number of fused-ring (bicyclic) bond motifs is 1. The van der Waals surface area contributed by atoms with Gasteiger partial charge in [0.05, 0.1) is 22.5 Å². The van der Waals surface area contributed by atoms with Crippen molar-refractivity contribution in [1.82, 2.24) is 4.57 Å². The van der Waals surface area contributed by atoms with Gasteiger partial charge < -0.3 is 14.0 Å². The van der Waals surface area contributed by atoms with E-state index in [0.717, 1.165) is 22.9 Å². The SMILES string of the molecule is C/C(=C1/SC(=O)CC1=O)c1ccc(OCCOc2c(-c3ccc(F)cc3)n(C)c3cc(F)ccc3c2=O)cc1. The number of pyridine rings is 1. The molecule has 0 bridgehead atoms. The molecule has 5 rings (SSSR count). The van der Waals surface area contributed by atoms with Crippen LogP contribution in [0.15, 0.2) is 76.4 Å². The van der Waals surface area contributed by atoms with Crippen LogP contribution in [0.1, 0.15) is 18.9 Å². The molecule has 0 N–H and O–H groups in total. The fourth-order valence-electron chi connectivity index (χ4n) is 4.48. The Labute approximate surface area is 226 Å². The van der Waals surface area contributed by atoms with Crippen LogP contribution in [0, 0.1) is 11.6 Å². The highest BCUT2D eigenvalue weighted by Gasteiger charge is 2.28.